The third kappa shape index (κ3) is 10.7. The maximum absolute atomic E-state index is 11.4. The molecule has 0 saturated heterocycles. The van der Waals surface area contributed by atoms with Gasteiger partial charge in [-0.3, -0.25) is 0 Å². The van der Waals surface area contributed by atoms with Crippen molar-refractivity contribution in [2.45, 2.75) is 0 Å². The third-order valence-corrected chi connectivity index (χ3v) is 3.11. The van der Waals surface area contributed by atoms with Crippen molar-refractivity contribution in [2.75, 3.05) is 39.6 Å². The molecule has 0 rings (SSSR count). The summed E-state index contributed by atoms with van der Waals surface area (Å²) in [6, 6.07) is 0. The Balaban J connectivity index is 5.15. The van der Waals surface area contributed by atoms with Gasteiger partial charge in [-0.25, -0.2) is 19.2 Å². The van der Waals surface area contributed by atoms with Gasteiger partial charge in [0.1, 0.15) is 26.4 Å². The predicted octanol–water partition coefficient (Wildman–Crippen LogP) is 0.906. The molecule has 0 saturated carbocycles. The van der Waals surface area contributed by atoms with Crippen LogP contribution in [-0.4, -0.2) is 63.5 Å². The van der Waals surface area contributed by atoms with Gasteiger partial charge < -0.3 is 23.7 Å². The summed E-state index contributed by atoms with van der Waals surface area (Å²) in [5.41, 5.74) is -1.22. The number of carbonyl (C=O) groups excluding carboxylic acids is 4. The number of hydrogen-bond donors (Lipinski definition) is 0. The second kappa shape index (κ2) is 13.9. The molecule has 0 spiro atoms. The maximum Gasteiger partial charge on any atom is 0.330 e. The van der Waals surface area contributed by atoms with Gasteiger partial charge in [0.25, 0.3) is 0 Å². The molecule has 0 aromatic heterocycles. The van der Waals surface area contributed by atoms with E-state index in [1.165, 1.54) is 0 Å². The van der Waals surface area contributed by atoms with E-state index in [1.807, 2.05) is 0 Å². The molecule has 0 radical (unpaired) electrons. The van der Waals surface area contributed by atoms with Crippen LogP contribution >= 0.6 is 0 Å². The predicted molar refractivity (Wildman–Crippen MR) is 97.9 cm³/mol. The van der Waals surface area contributed by atoms with E-state index in [4.69, 9.17) is 23.7 Å². The lowest BCUT2D eigenvalue weighted by molar-refractivity contribution is -0.162. The standard InChI is InChI=1S/C19H24O9/c1-5-15(20)25-10-9-24-11-19(12-26-16(21)6-2,13-27-17(22)7-3)14-28-18(23)8-4/h5-8H,1-4,9-14H2. The van der Waals surface area contributed by atoms with E-state index in [2.05, 4.69) is 26.3 Å². The molecule has 0 fully saturated rings. The summed E-state index contributed by atoms with van der Waals surface area (Å²) < 4.78 is 25.3. The van der Waals surface area contributed by atoms with Crippen LogP contribution in [0.1, 0.15) is 0 Å². The van der Waals surface area contributed by atoms with E-state index >= 15 is 0 Å². The quantitative estimate of drug-likeness (QED) is 0.172. The summed E-state index contributed by atoms with van der Waals surface area (Å²) in [6.07, 6.45) is 3.85. The van der Waals surface area contributed by atoms with Crippen LogP contribution in [0, 0.1) is 5.41 Å². The topological polar surface area (TPSA) is 114 Å². The molecule has 154 valence electrons. The first kappa shape index (κ1) is 24.8. The Morgan fingerprint density at radius 2 is 0.929 bits per heavy atom. The smallest absolute Gasteiger partial charge is 0.330 e. The van der Waals surface area contributed by atoms with Crippen LogP contribution in [0.2, 0.25) is 0 Å². The fourth-order valence-corrected chi connectivity index (χ4v) is 1.65. The fraction of sp³-hybridized carbons (Fsp3) is 0.368. The molecule has 28 heavy (non-hydrogen) atoms. The highest BCUT2D eigenvalue weighted by Gasteiger charge is 2.36. The van der Waals surface area contributed by atoms with Gasteiger partial charge >= 0.3 is 23.9 Å². The molecule has 0 aromatic carbocycles. The highest BCUT2D eigenvalue weighted by atomic mass is 16.6. The first-order valence-electron chi connectivity index (χ1n) is 8.07. The minimum absolute atomic E-state index is 0.0124. The minimum atomic E-state index is -1.22. The van der Waals surface area contributed by atoms with Crippen molar-refractivity contribution in [1.29, 1.82) is 0 Å². The SMILES string of the molecule is C=CC(=O)OCCOCC(COC(=O)C=C)(COC(=O)C=C)COC(=O)C=C. The van der Waals surface area contributed by atoms with Gasteiger partial charge in [-0.1, -0.05) is 26.3 Å². The van der Waals surface area contributed by atoms with Crippen LogP contribution in [0.3, 0.4) is 0 Å². The summed E-state index contributed by atoms with van der Waals surface area (Å²) in [6.45, 7) is 12.0. The Morgan fingerprint density at radius 1 is 0.571 bits per heavy atom. The molecule has 0 bridgehead atoms. The Labute approximate surface area is 163 Å². The number of hydrogen-bond acceptors (Lipinski definition) is 9. The van der Waals surface area contributed by atoms with Crippen molar-refractivity contribution in [1.82, 2.24) is 0 Å². The molecule has 9 heteroatoms. The second-order valence-electron chi connectivity index (χ2n) is 5.36. The lowest BCUT2D eigenvalue weighted by Crippen LogP contribution is -2.43. The second-order valence-corrected chi connectivity index (χ2v) is 5.36. The van der Waals surface area contributed by atoms with Gasteiger partial charge in [0, 0.05) is 24.3 Å². The Hall–Kier alpha value is -3.20. The van der Waals surface area contributed by atoms with E-state index in [0.29, 0.717) is 0 Å². The summed E-state index contributed by atoms with van der Waals surface area (Å²) >= 11 is 0. The zero-order valence-electron chi connectivity index (χ0n) is 15.6. The van der Waals surface area contributed by atoms with Crippen LogP contribution < -0.4 is 0 Å². The highest BCUT2D eigenvalue weighted by Crippen LogP contribution is 2.21. The van der Waals surface area contributed by atoms with Crippen molar-refractivity contribution in [3.8, 4) is 0 Å². The normalized spacial score (nSPS) is 10.1. The van der Waals surface area contributed by atoms with Crippen LogP contribution in [0.25, 0.3) is 0 Å². The van der Waals surface area contributed by atoms with E-state index in [1.54, 1.807) is 0 Å². The number of esters is 4. The highest BCUT2D eigenvalue weighted by molar-refractivity contribution is 5.82. The lowest BCUT2D eigenvalue weighted by Gasteiger charge is -2.31. The summed E-state index contributed by atoms with van der Waals surface area (Å²) in [5, 5.41) is 0. The fourth-order valence-electron chi connectivity index (χ4n) is 1.65. The molecule has 0 aliphatic carbocycles. The average Bonchev–Trinajstić information content (AvgIpc) is 2.72. The summed E-state index contributed by atoms with van der Waals surface area (Å²) in [5.74, 6) is -2.80. The van der Waals surface area contributed by atoms with E-state index in [9.17, 15) is 19.2 Å². The first-order valence-corrected chi connectivity index (χ1v) is 8.07. The van der Waals surface area contributed by atoms with Crippen molar-refractivity contribution in [3.05, 3.63) is 50.6 Å². The van der Waals surface area contributed by atoms with Gasteiger partial charge in [-0.05, 0) is 0 Å². The Bertz CT molecular complexity index is 547. The molecular weight excluding hydrogens is 372 g/mol. The number of carbonyl (C=O) groups is 4. The molecule has 0 heterocycles. The Kier molecular flexibility index (Phi) is 12.3. The van der Waals surface area contributed by atoms with E-state index in [0.717, 1.165) is 24.3 Å². The largest absolute Gasteiger partial charge is 0.462 e. The van der Waals surface area contributed by atoms with Gasteiger partial charge in [-0.15, -0.1) is 0 Å². The van der Waals surface area contributed by atoms with Gasteiger partial charge in [-0.2, -0.15) is 0 Å². The molecule has 0 amide bonds. The van der Waals surface area contributed by atoms with Crippen molar-refractivity contribution in [3.63, 3.8) is 0 Å². The van der Waals surface area contributed by atoms with Gasteiger partial charge in [0.2, 0.25) is 0 Å². The third-order valence-electron chi connectivity index (χ3n) is 3.11. The molecule has 0 N–H and O–H groups in total. The van der Waals surface area contributed by atoms with E-state index in [-0.39, 0.29) is 39.6 Å². The molecule has 0 unspecified atom stereocenters. The first-order chi connectivity index (χ1) is 13.3. The monoisotopic (exact) mass is 396 g/mol. The zero-order chi connectivity index (χ0) is 21.4. The molecule has 0 aliphatic rings. The van der Waals surface area contributed by atoms with Crippen molar-refractivity contribution < 1.29 is 42.9 Å². The summed E-state index contributed by atoms with van der Waals surface area (Å²) in [7, 11) is 0. The van der Waals surface area contributed by atoms with Crippen molar-refractivity contribution >= 4 is 23.9 Å². The van der Waals surface area contributed by atoms with Gasteiger partial charge in [0.15, 0.2) is 0 Å². The maximum atomic E-state index is 11.4. The molecule has 0 aliphatic heterocycles. The molecular formula is C19H24O9. The van der Waals surface area contributed by atoms with Crippen LogP contribution in [-0.2, 0) is 42.9 Å². The summed E-state index contributed by atoms with van der Waals surface area (Å²) in [4.78, 5) is 45.3. The van der Waals surface area contributed by atoms with Gasteiger partial charge in [0.05, 0.1) is 18.6 Å². The van der Waals surface area contributed by atoms with Crippen LogP contribution in [0.5, 0.6) is 0 Å². The zero-order valence-corrected chi connectivity index (χ0v) is 15.6. The minimum Gasteiger partial charge on any atom is -0.462 e. The lowest BCUT2D eigenvalue weighted by atomic mass is 9.92. The number of ether oxygens (including phenoxy) is 5. The molecule has 0 aromatic rings. The van der Waals surface area contributed by atoms with Crippen LogP contribution in [0.15, 0.2) is 50.6 Å². The molecule has 9 nitrogen and oxygen atoms in total. The average molecular weight is 396 g/mol. The van der Waals surface area contributed by atoms with Crippen molar-refractivity contribution in [2.24, 2.45) is 5.41 Å². The molecule has 0 atom stereocenters. The number of rotatable bonds is 15. The van der Waals surface area contributed by atoms with Crippen LogP contribution in [0.4, 0.5) is 0 Å². The Morgan fingerprint density at radius 3 is 1.29 bits per heavy atom. The van der Waals surface area contributed by atoms with E-state index < -0.39 is 29.3 Å².